The highest BCUT2D eigenvalue weighted by Gasteiger charge is 2.50. The lowest BCUT2D eigenvalue weighted by molar-refractivity contribution is -0.197. The number of aryl methyl sites for hydroxylation is 1. The second-order valence-corrected chi connectivity index (χ2v) is 4.79. The molecule has 2 N–H and O–H groups in total. The van der Waals surface area contributed by atoms with Gasteiger partial charge >= 0.3 is 12.1 Å². The average molecular weight is 343 g/mol. The van der Waals surface area contributed by atoms with E-state index in [9.17, 15) is 22.8 Å². The quantitative estimate of drug-likeness (QED) is 0.829. The van der Waals surface area contributed by atoms with Gasteiger partial charge in [0.05, 0.1) is 5.69 Å². The van der Waals surface area contributed by atoms with Crippen LogP contribution in [0.5, 0.6) is 5.88 Å². The van der Waals surface area contributed by atoms with Crippen LogP contribution in [0.3, 0.4) is 0 Å². The molecule has 0 saturated heterocycles. The normalized spacial score (nSPS) is 17.0. The lowest BCUT2D eigenvalue weighted by atomic mass is 10.2. The van der Waals surface area contributed by atoms with Gasteiger partial charge in [0.1, 0.15) is 11.4 Å². The first kappa shape index (κ1) is 15.7. The molecule has 2 aromatic heterocycles. The highest BCUT2D eigenvalue weighted by Crippen LogP contribution is 2.35. The highest BCUT2D eigenvalue weighted by atomic mass is 19.4. The SMILES string of the molecule is Cn1nnc(-c2ccc3c(n2)OC(C(F)(F)F)C(=O)N3)c1C(=O)O. The van der Waals surface area contributed by atoms with E-state index in [4.69, 9.17) is 5.11 Å². The van der Waals surface area contributed by atoms with Crippen LogP contribution < -0.4 is 10.1 Å². The van der Waals surface area contributed by atoms with E-state index >= 15 is 0 Å². The van der Waals surface area contributed by atoms with Gasteiger partial charge in [-0.25, -0.2) is 14.5 Å². The minimum atomic E-state index is -4.92. The first-order chi connectivity index (χ1) is 11.2. The van der Waals surface area contributed by atoms with E-state index in [1.54, 1.807) is 0 Å². The van der Waals surface area contributed by atoms with Gasteiger partial charge in [-0.15, -0.1) is 5.10 Å². The second kappa shape index (κ2) is 5.18. The Hall–Kier alpha value is -3.18. The first-order valence-corrected chi connectivity index (χ1v) is 6.37. The van der Waals surface area contributed by atoms with Gasteiger partial charge in [-0.3, -0.25) is 4.79 Å². The summed E-state index contributed by atoms with van der Waals surface area (Å²) in [6, 6.07) is 2.52. The monoisotopic (exact) mass is 343 g/mol. The van der Waals surface area contributed by atoms with Crippen molar-refractivity contribution in [3.8, 4) is 17.3 Å². The molecule has 24 heavy (non-hydrogen) atoms. The molecule has 1 amide bonds. The number of aromatic carboxylic acids is 1. The summed E-state index contributed by atoms with van der Waals surface area (Å²) in [5.41, 5.74) is -0.562. The standard InChI is InChI=1S/C12H8F3N5O4/c1-20-7(11(22)23)6(18-19-20)4-2-3-5-10(17-4)24-8(9(21)16-5)12(13,14)15/h2-3,8H,1H3,(H,16,21)(H,22,23). The molecule has 9 nitrogen and oxygen atoms in total. The minimum Gasteiger partial charge on any atom is -0.476 e. The maximum Gasteiger partial charge on any atom is 0.434 e. The lowest BCUT2D eigenvalue weighted by Gasteiger charge is -2.26. The third-order valence-electron chi connectivity index (χ3n) is 3.16. The predicted molar refractivity (Wildman–Crippen MR) is 70.3 cm³/mol. The van der Waals surface area contributed by atoms with Gasteiger partial charge < -0.3 is 15.2 Å². The van der Waals surface area contributed by atoms with Gasteiger partial charge in [0.25, 0.3) is 12.0 Å². The molecule has 1 aliphatic heterocycles. The summed E-state index contributed by atoms with van der Waals surface area (Å²) < 4.78 is 43.9. The maximum atomic E-state index is 12.8. The molecule has 1 unspecified atom stereocenters. The van der Waals surface area contributed by atoms with E-state index in [1.165, 1.54) is 19.2 Å². The Bertz CT molecular complexity index is 848. The average Bonchev–Trinajstić information content (AvgIpc) is 2.87. The highest BCUT2D eigenvalue weighted by molar-refractivity contribution is 5.98. The number of hydrogen-bond acceptors (Lipinski definition) is 6. The van der Waals surface area contributed by atoms with Crippen LogP contribution in [-0.4, -0.2) is 49.2 Å². The van der Waals surface area contributed by atoms with Crippen LogP contribution in [0, 0.1) is 0 Å². The van der Waals surface area contributed by atoms with Crippen molar-refractivity contribution >= 4 is 17.6 Å². The minimum absolute atomic E-state index is 0.0590. The van der Waals surface area contributed by atoms with E-state index in [1.807, 2.05) is 5.32 Å². The summed E-state index contributed by atoms with van der Waals surface area (Å²) in [5, 5.41) is 18.4. The molecule has 0 radical (unpaired) electrons. The Kier molecular flexibility index (Phi) is 3.39. The number of nitrogens with zero attached hydrogens (tertiary/aromatic N) is 4. The van der Waals surface area contributed by atoms with Crippen molar-refractivity contribution in [3.63, 3.8) is 0 Å². The number of carbonyl (C=O) groups excluding carboxylic acids is 1. The summed E-state index contributed by atoms with van der Waals surface area (Å²) in [5.74, 6) is -3.19. The molecule has 0 bridgehead atoms. The van der Waals surface area contributed by atoms with Crippen molar-refractivity contribution in [3.05, 3.63) is 17.8 Å². The molecule has 0 saturated carbocycles. The summed E-state index contributed by atoms with van der Waals surface area (Å²) >= 11 is 0. The van der Waals surface area contributed by atoms with Gasteiger partial charge in [-0.05, 0) is 12.1 Å². The number of halogens is 3. The molecule has 0 aliphatic carbocycles. The first-order valence-electron chi connectivity index (χ1n) is 6.37. The number of amides is 1. The lowest BCUT2D eigenvalue weighted by Crippen LogP contribution is -2.47. The molecule has 2 aromatic rings. The number of pyridine rings is 1. The Balaban J connectivity index is 2.04. The summed E-state index contributed by atoms with van der Waals surface area (Å²) in [4.78, 5) is 26.5. The summed E-state index contributed by atoms with van der Waals surface area (Å²) in [6.07, 6.45) is -7.62. The Morgan fingerprint density at radius 2 is 2.12 bits per heavy atom. The fourth-order valence-electron chi connectivity index (χ4n) is 2.11. The van der Waals surface area contributed by atoms with Crippen LogP contribution in [0.4, 0.5) is 18.9 Å². The predicted octanol–water partition coefficient (Wildman–Crippen LogP) is 0.837. The van der Waals surface area contributed by atoms with Gasteiger partial charge in [0, 0.05) is 7.05 Å². The Morgan fingerprint density at radius 1 is 1.42 bits per heavy atom. The number of carbonyl (C=O) groups is 2. The molecule has 0 fully saturated rings. The van der Waals surface area contributed by atoms with Crippen molar-refractivity contribution in [2.75, 3.05) is 5.32 Å². The van der Waals surface area contributed by atoms with Crippen LogP contribution in [0.25, 0.3) is 11.4 Å². The summed E-state index contributed by atoms with van der Waals surface area (Å²) in [7, 11) is 1.34. The van der Waals surface area contributed by atoms with E-state index < -0.39 is 30.0 Å². The Labute approximate surface area is 131 Å². The van der Waals surface area contributed by atoms with Gasteiger partial charge in [0.15, 0.2) is 5.69 Å². The molecule has 126 valence electrons. The van der Waals surface area contributed by atoms with Crippen molar-refractivity contribution in [2.45, 2.75) is 12.3 Å². The van der Waals surface area contributed by atoms with E-state index in [0.717, 1.165) is 4.68 Å². The molecule has 1 aliphatic rings. The van der Waals surface area contributed by atoms with Gasteiger partial charge in [-0.1, -0.05) is 5.21 Å². The fourth-order valence-corrected chi connectivity index (χ4v) is 2.11. The molecular weight excluding hydrogens is 335 g/mol. The number of ether oxygens (including phenoxy) is 1. The maximum absolute atomic E-state index is 12.8. The molecular formula is C12H8F3N5O4. The largest absolute Gasteiger partial charge is 0.476 e. The zero-order chi connectivity index (χ0) is 17.6. The smallest absolute Gasteiger partial charge is 0.434 e. The number of carboxylic acids is 1. The van der Waals surface area contributed by atoms with Crippen LogP contribution in [-0.2, 0) is 11.8 Å². The summed E-state index contributed by atoms with van der Waals surface area (Å²) in [6.45, 7) is 0. The number of rotatable bonds is 2. The fraction of sp³-hybridized carbons (Fsp3) is 0.250. The van der Waals surface area contributed by atoms with E-state index in [0.29, 0.717) is 0 Å². The number of aromatic nitrogens is 4. The van der Waals surface area contributed by atoms with Crippen molar-refractivity contribution < 1.29 is 32.6 Å². The van der Waals surface area contributed by atoms with Crippen LogP contribution >= 0.6 is 0 Å². The van der Waals surface area contributed by atoms with Gasteiger partial charge in [0.2, 0.25) is 5.88 Å². The zero-order valence-electron chi connectivity index (χ0n) is 11.8. The van der Waals surface area contributed by atoms with Crippen molar-refractivity contribution in [1.29, 1.82) is 0 Å². The molecule has 1 atom stereocenters. The van der Waals surface area contributed by atoms with Crippen LogP contribution in [0.1, 0.15) is 10.5 Å². The topological polar surface area (TPSA) is 119 Å². The third-order valence-corrected chi connectivity index (χ3v) is 3.16. The number of fused-ring (bicyclic) bond motifs is 1. The molecule has 0 aromatic carbocycles. The zero-order valence-corrected chi connectivity index (χ0v) is 11.8. The van der Waals surface area contributed by atoms with E-state index in [-0.39, 0.29) is 22.8 Å². The number of anilines is 1. The second-order valence-electron chi connectivity index (χ2n) is 4.79. The molecule has 12 heteroatoms. The number of nitrogens with one attached hydrogen (secondary N) is 1. The molecule has 0 spiro atoms. The van der Waals surface area contributed by atoms with Crippen LogP contribution in [0.15, 0.2) is 12.1 Å². The van der Waals surface area contributed by atoms with Gasteiger partial charge in [-0.2, -0.15) is 13.2 Å². The Morgan fingerprint density at radius 3 is 2.75 bits per heavy atom. The molecule has 3 rings (SSSR count). The van der Waals surface area contributed by atoms with Crippen molar-refractivity contribution in [2.24, 2.45) is 7.05 Å². The number of carboxylic acid groups (broad SMARTS) is 1. The van der Waals surface area contributed by atoms with E-state index in [2.05, 4.69) is 20.0 Å². The van der Waals surface area contributed by atoms with Crippen molar-refractivity contribution in [1.82, 2.24) is 20.0 Å². The molecule has 3 heterocycles. The number of hydrogen-bond donors (Lipinski definition) is 2. The third kappa shape index (κ3) is 2.51. The number of alkyl halides is 3. The van der Waals surface area contributed by atoms with Crippen LogP contribution in [0.2, 0.25) is 0 Å².